The van der Waals surface area contributed by atoms with E-state index in [2.05, 4.69) is 5.43 Å². The van der Waals surface area contributed by atoms with Crippen molar-refractivity contribution in [1.82, 2.24) is 9.99 Å². The summed E-state index contributed by atoms with van der Waals surface area (Å²) in [4.78, 5) is 35.2. The lowest BCUT2D eigenvalue weighted by molar-refractivity contribution is -0.113. The fraction of sp³-hybridized carbons (Fsp3) is 0.107. The van der Waals surface area contributed by atoms with Crippen molar-refractivity contribution in [3.05, 3.63) is 98.4 Å². The lowest BCUT2D eigenvalue weighted by Gasteiger charge is -2.14. The van der Waals surface area contributed by atoms with Crippen molar-refractivity contribution < 1.29 is 9.53 Å². The molecule has 0 bridgehead atoms. The molecular weight excluding hydrogens is 518 g/mol. The highest BCUT2D eigenvalue weighted by molar-refractivity contribution is 8.08. The van der Waals surface area contributed by atoms with Gasteiger partial charge in [0, 0.05) is 25.1 Å². The molecule has 0 radical (unpaired) electrons. The van der Waals surface area contributed by atoms with Crippen LogP contribution in [0.15, 0.2) is 93.5 Å². The third-order valence-corrected chi connectivity index (χ3v) is 8.94. The van der Waals surface area contributed by atoms with Gasteiger partial charge >= 0.3 is 0 Å². The van der Waals surface area contributed by atoms with Crippen LogP contribution in [-0.4, -0.2) is 30.5 Å². The highest BCUT2D eigenvalue weighted by Gasteiger charge is 2.35. The Morgan fingerprint density at radius 3 is 2.34 bits per heavy atom. The van der Waals surface area contributed by atoms with E-state index < -0.39 is 0 Å². The summed E-state index contributed by atoms with van der Waals surface area (Å²) in [6, 6.07) is 24.6. The number of benzene rings is 3. The van der Waals surface area contributed by atoms with Gasteiger partial charge in [0.2, 0.25) is 0 Å². The fourth-order valence-electron chi connectivity index (χ4n) is 4.35. The molecule has 3 aromatic carbocycles. The van der Waals surface area contributed by atoms with Crippen LogP contribution in [0.5, 0.6) is 5.75 Å². The Kier molecular flexibility index (Phi) is 6.05. The second-order valence-corrected chi connectivity index (χ2v) is 10.7. The van der Waals surface area contributed by atoms with Crippen molar-refractivity contribution in [2.24, 2.45) is 12.0 Å². The van der Waals surface area contributed by atoms with Crippen LogP contribution in [0.4, 0.5) is 17.1 Å². The predicted octanol–water partition coefficient (Wildman–Crippen LogP) is 3.20. The second kappa shape index (κ2) is 9.55. The SMILES string of the molecule is COc1ccc2c(c1)N(C)C(=c1sc(=C3C(=O)N(c4ccccc4)NC3=Nc3ccccc3)n(C)c1=O)S2. The standard InChI is InChI=1S/C28H23N5O3S2/c1-31-20-16-19(36-3)14-15-21(20)37-28(31)23-26(35)32(2)27(38-23)22-24(29-17-10-6-4-7-11-17)30-33(25(22)34)18-12-8-5-9-13-18/h4-16H,1-3H3,(H,29,30). The summed E-state index contributed by atoms with van der Waals surface area (Å²) in [7, 11) is 5.26. The number of hydrazine groups is 1. The van der Waals surface area contributed by atoms with Gasteiger partial charge in [-0.3, -0.25) is 15.0 Å². The maximum Gasteiger partial charge on any atom is 0.283 e. The Balaban J connectivity index is 1.57. The summed E-state index contributed by atoms with van der Waals surface area (Å²) in [6.07, 6.45) is 0. The van der Waals surface area contributed by atoms with Crippen molar-refractivity contribution >= 4 is 62.5 Å². The van der Waals surface area contributed by atoms with E-state index >= 15 is 0 Å². The molecule has 3 heterocycles. The van der Waals surface area contributed by atoms with E-state index in [1.54, 1.807) is 14.2 Å². The van der Waals surface area contributed by atoms with Crippen LogP contribution in [-0.2, 0) is 11.8 Å². The number of amidine groups is 1. The van der Waals surface area contributed by atoms with Gasteiger partial charge in [0.05, 0.1) is 24.2 Å². The first kappa shape index (κ1) is 24.1. The molecule has 0 aliphatic carbocycles. The van der Waals surface area contributed by atoms with E-state index in [-0.39, 0.29) is 11.5 Å². The monoisotopic (exact) mass is 541 g/mol. The molecule has 2 aliphatic rings. The van der Waals surface area contributed by atoms with Gasteiger partial charge in [0.25, 0.3) is 11.5 Å². The number of amides is 1. The van der Waals surface area contributed by atoms with Crippen LogP contribution in [0, 0.1) is 0 Å². The molecule has 0 atom stereocenters. The summed E-state index contributed by atoms with van der Waals surface area (Å²) in [6.45, 7) is 0. The van der Waals surface area contributed by atoms with E-state index in [1.165, 1.54) is 32.7 Å². The molecule has 6 rings (SSSR count). The first-order valence-electron chi connectivity index (χ1n) is 11.8. The molecule has 190 valence electrons. The third kappa shape index (κ3) is 3.98. The average molecular weight is 542 g/mol. The first-order chi connectivity index (χ1) is 18.5. The Labute approximate surface area is 226 Å². The Morgan fingerprint density at radius 2 is 1.63 bits per heavy atom. The molecular formula is C28H23N5O3S2. The Bertz CT molecular complexity index is 1780. The van der Waals surface area contributed by atoms with Crippen molar-refractivity contribution in [2.45, 2.75) is 4.90 Å². The van der Waals surface area contributed by atoms with Crippen LogP contribution in [0.1, 0.15) is 0 Å². The number of thioether (sulfide) groups is 1. The third-order valence-electron chi connectivity index (χ3n) is 6.33. The van der Waals surface area contributed by atoms with Gasteiger partial charge in [-0.2, -0.15) is 0 Å². The maximum absolute atomic E-state index is 13.8. The Hall–Kier alpha value is -4.28. The molecule has 1 fully saturated rings. The molecule has 1 saturated heterocycles. The number of carbonyl (C=O) groups excluding carboxylic acids is 1. The smallest absolute Gasteiger partial charge is 0.283 e. The molecule has 0 unspecified atom stereocenters. The molecule has 0 saturated carbocycles. The van der Waals surface area contributed by atoms with Crippen molar-refractivity contribution in [1.29, 1.82) is 0 Å². The molecule has 0 spiro atoms. The minimum Gasteiger partial charge on any atom is -0.497 e. The summed E-state index contributed by atoms with van der Waals surface area (Å²) in [5, 5.41) is 2.28. The molecule has 38 heavy (non-hydrogen) atoms. The predicted molar refractivity (Wildman–Crippen MR) is 153 cm³/mol. The van der Waals surface area contributed by atoms with Crippen LogP contribution >= 0.6 is 23.1 Å². The number of rotatable bonds is 3. The minimum absolute atomic E-state index is 0.170. The number of nitrogens with one attached hydrogen (secondary N) is 1. The lowest BCUT2D eigenvalue weighted by Crippen LogP contribution is -2.35. The number of methoxy groups -OCH3 is 1. The second-order valence-electron chi connectivity index (χ2n) is 8.66. The fourth-order valence-corrected chi connectivity index (χ4v) is 6.81. The van der Waals surface area contributed by atoms with Gasteiger partial charge in [-0.05, 0) is 36.4 Å². The molecule has 1 amide bonds. The number of para-hydroxylation sites is 2. The zero-order chi connectivity index (χ0) is 26.4. The number of thiazole rings is 1. The van der Waals surface area contributed by atoms with E-state index in [9.17, 15) is 9.59 Å². The molecule has 4 aromatic rings. The summed E-state index contributed by atoms with van der Waals surface area (Å²) in [5.41, 5.74) is 5.69. The number of aromatic nitrogens is 1. The number of carbonyl (C=O) groups is 1. The molecule has 10 heteroatoms. The number of ether oxygens (including phenoxy) is 1. The van der Waals surface area contributed by atoms with E-state index in [0.717, 1.165) is 21.4 Å². The summed E-state index contributed by atoms with van der Waals surface area (Å²) < 4.78 is 8.02. The number of nitrogens with zero attached hydrogens (tertiary/aromatic N) is 4. The number of aliphatic imine (C=N–C) groups is 1. The quantitative estimate of drug-likeness (QED) is 0.429. The van der Waals surface area contributed by atoms with Crippen LogP contribution in [0.3, 0.4) is 0 Å². The average Bonchev–Trinajstić information content (AvgIpc) is 3.55. The first-order valence-corrected chi connectivity index (χ1v) is 13.4. The Morgan fingerprint density at radius 1 is 0.921 bits per heavy atom. The van der Waals surface area contributed by atoms with Crippen molar-refractivity contribution in [2.75, 3.05) is 24.1 Å². The maximum atomic E-state index is 13.8. The molecule has 1 N–H and O–H groups in total. The van der Waals surface area contributed by atoms with Gasteiger partial charge in [-0.15, -0.1) is 11.3 Å². The van der Waals surface area contributed by atoms with Gasteiger partial charge in [-0.25, -0.2) is 10.0 Å². The largest absolute Gasteiger partial charge is 0.497 e. The van der Waals surface area contributed by atoms with E-state index in [4.69, 9.17) is 9.73 Å². The highest BCUT2D eigenvalue weighted by Crippen LogP contribution is 2.46. The van der Waals surface area contributed by atoms with Crippen LogP contribution < -0.4 is 34.8 Å². The van der Waals surface area contributed by atoms with E-state index in [0.29, 0.717) is 32.0 Å². The van der Waals surface area contributed by atoms with Gasteiger partial charge in [0.1, 0.15) is 25.5 Å². The zero-order valence-electron chi connectivity index (χ0n) is 20.8. The topological polar surface area (TPSA) is 79.2 Å². The molecule has 1 aromatic heterocycles. The summed E-state index contributed by atoms with van der Waals surface area (Å²) >= 11 is 2.83. The molecule has 8 nitrogen and oxygen atoms in total. The van der Waals surface area contributed by atoms with Gasteiger partial charge in [-0.1, -0.05) is 48.2 Å². The van der Waals surface area contributed by atoms with Crippen molar-refractivity contribution in [3.63, 3.8) is 0 Å². The zero-order valence-corrected chi connectivity index (χ0v) is 22.5. The number of hydrogen-bond acceptors (Lipinski definition) is 7. The molecule has 2 aliphatic heterocycles. The number of anilines is 2. The van der Waals surface area contributed by atoms with Gasteiger partial charge < -0.3 is 14.2 Å². The van der Waals surface area contributed by atoms with E-state index in [1.807, 2.05) is 90.8 Å². The van der Waals surface area contributed by atoms with Crippen LogP contribution in [0.25, 0.3) is 10.6 Å². The van der Waals surface area contributed by atoms with Crippen LogP contribution in [0.2, 0.25) is 0 Å². The van der Waals surface area contributed by atoms with Crippen molar-refractivity contribution in [3.8, 4) is 5.75 Å². The lowest BCUT2D eigenvalue weighted by atomic mass is 10.2. The minimum atomic E-state index is -0.278. The number of hydrogen-bond donors (Lipinski definition) is 1. The van der Waals surface area contributed by atoms with Gasteiger partial charge in [0.15, 0.2) is 5.84 Å². The highest BCUT2D eigenvalue weighted by atomic mass is 32.2. The summed E-state index contributed by atoms with van der Waals surface area (Å²) in [5.74, 6) is 0.858. The number of fused-ring (bicyclic) bond motifs is 1. The normalized spacial score (nSPS) is 18.7.